The van der Waals surface area contributed by atoms with Gasteiger partial charge in [-0.15, -0.1) is 0 Å². The molecule has 0 aromatic carbocycles. The monoisotopic (exact) mass is 248 g/mol. The van der Waals surface area contributed by atoms with Gasteiger partial charge in [0.05, 0.1) is 11.2 Å². The van der Waals surface area contributed by atoms with Gasteiger partial charge in [0.2, 0.25) is 0 Å². The van der Waals surface area contributed by atoms with E-state index >= 15 is 0 Å². The van der Waals surface area contributed by atoms with Gasteiger partial charge in [-0.1, -0.05) is 12.2 Å². The average molecular weight is 248 g/mol. The number of carbonyl (C=O) groups excluding carboxylic acids is 1. The largest absolute Gasteiger partial charge is 0.462 e. The third-order valence-corrected chi connectivity index (χ3v) is 5.33. The van der Waals surface area contributed by atoms with Crippen molar-refractivity contribution in [2.75, 3.05) is 0 Å². The Morgan fingerprint density at radius 1 is 1.11 bits per heavy atom. The number of aldehydes is 1. The van der Waals surface area contributed by atoms with Gasteiger partial charge in [-0.3, -0.25) is 0 Å². The van der Waals surface area contributed by atoms with Crippen LogP contribution in [0.3, 0.4) is 0 Å². The van der Waals surface area contributed by atoms with E-state index < -0.39 is 0 Å². The molecule has 3 aliphatic rings. The lowest BCUT2D eigenvalue weighted by molar-refractivity contribution is -0.111. The second-order valence-corrected chi connectivity index (χ2v) is 6.86. The summed E-state index contributed by atoms with van der Waals surface area (Å²) in [5.41, 5.74) is -0.618. The van der Waals surface area contributed by atoms with Gasteiger partial charge in [-0.2, -0.15) is 0 Å². The van der Waals surface area contributed by atoms with Crippen LogP contribution in [-0.2, 0) is 14.1 Å². The summed E-state index contributed by atoms with van der Waals surface area (Å²) in [5, 5.41) is 0. The highest BCUT2D eigenvalue weighted by Gasteiger charge is 2.60. The van der Waals surface area contributed by atoms with Crippen LogP contribution in [0.4, 0.5) is 0 Å². The van der Waals surface area contributed by atoms with E-state index in [2.05, 4.69) is 39.8 Å². The smallest absolute Gasteiger partial charge is 0.403 e. The molecule has 2 unspecified atom stereocenters. The van der Waals surface area contributed by atoms with E-state index in [0.717, 1.165) is 12.7 Å². The molecular formula is C14H21BO3. The summed E-state index contributed by atoms with van der Waals surface area (Å²) in [6.07, 6.45) is 6.61. The average Bonchev–Trinajstić information content (AvgIpc) is 2.90. The van der Waals surface area contributed by atoms with Crippen molar-refractivity contribution in [2.24, 2.45) is 17.8 Å². The van der Waals surface area contributed by atoms with E-state index in [1.807, 2.05) is 0 Å². The number of rotatable bonds is 2. The van der Waals surface area contributed by atoms with E-state index in [0.29, 0.717) is 11.8 Å². The molecule has 18 heavy (non-hydrogen) atoms. The summed E-state index contributed by atoms with van der Waals surface area (Å²) in [7, 11) is -0.245. The van der Waals surface area contributed by atoms with Crippen LogP contribution in [0.25, 0.3) is 0 Å². The summed E-state index contributed by atoms with van der Waals surface area (Å²) in [6.45, 7) is 8.25. The molecule has 3 rings (SSSR count). The van der Waals surface area contributed by atoms with Crippen LogP contribution >= 0.6 is 0 Å². The molecule has 3 nitrogen and oxygen atoms in total. The van der Waals surface area contributed by atoms with E-state index in [-0.39, 0.29) is 30.1 Å². The van der Waals surface area contributed by atoms with Gasteiger partial charge in [0.15, 0.2) is 0 Å². The Labute approximate surface area is 109 Å². The number of allylic oxidation sites excluding steroid dienone is 2. The minimum Gasteiger partial charge on any atom is -0.403 e. The van der Waals surface area contributed by atoms with Crippen molar-refractivity contribution < 1.29 is 14.1 Å². The van der Waals surface area contributed by atoms with Gasteiger partial charge >= 0.3 is 7.12 Å². The molecule has 2 aliphatic carbocycles. The van der Waals surface area contributed by atoms with Gasteiger partial charge in [-0.05, 0) is 46.0 Å². The van der Waals surface area contributed by atoms with Crippen molar-refractivity contribution in [1.82, 2.24) is 0 Å². The molecule has 4 heteroatoms. The van der Waals surface area contributed by atoms with Crippen molar-refractivity contribution in [3.05, 3.63) is 12.2 Å². The summed E-state index contributed by atoms with van der Waals surface area (Å²) in [5.74, 6) is 1.10. The predicted molar refractivity (Wildman–Crippen MR) is 70.1 cm³/mol. The van der Waals surface area contributed by atoms with Gasteiger partial charge in [0.1, 0.15) is 6.29 Å². The Morgan fingerprint density at radius 2 is 1.67 bits per heavy atom. The topological polar surface area (TPSA) is 35.5 Å². The summed E-state index contributed by atoms with van der Waals surface area (Å²) in [4.78, 5) is 11.3. The van der Waals surface area contributed by atoms with Crippen LogP contribution in [0.5, 0.6) is 0 Å². The van der Waals surface area contributed by atoms with Crippen LogP contribution in [0, 0.1) is 17.8 Å². The third-order valence-electron chi connectivity index (χ3n) is 5.33. The minimum absolute atomic E-state index is 0.0645. The summed E-state index contributed by atoms with van der Waals surface area (Å²) in [6, 6.07) is 0. The molecule has 2 bridgehead atoms. The van der Waals surface area contributed by atoms with Crippen LogP contribution in [-0.4, -0.2) is 24.6 Å². The van der Waals surface area contributed by atoms with Crippen LogP contribution in [0.2, 0.25) is 5.82 Å². The molecule has 0 spiro atoms. The van der Waals surface area contributed by atoms with Gasteiger partial charge in [0.25, 0.3) is 0 Å². The number of carbonyl (C=O) groups is 1. The maximum absolute atomic E-state index is 11.3. The standard InChI is InChI=1S/C14H21BO3/c1-13(2)14(3,4)18-15(17-13)12-10-6-5-9(7-10)11(12)8-16/h5-6,8-12H,7H2,1-4H3/t9?,10?,11-,12-/m1/s1. The molecule has 1 saturated carbocycles. The second kappa shape index (κ2) is 3.70. The Kier molecular flexibility index (Phi) is 2.56. The van der Waals surface area contributed by atoms with E-state index in [1.165, 1.54) is 0 Å². The Balaban J connectivity index is 1.85. The molecule has 1 saturated heterocycles. The van der Waals surface area contributed by atoms with Gasteiger partial charge in [-0.25, -0.2) is 0 Å². The molecular weight excluding hydrogens is 227 g/mol. The molecule has 4 atom stereocenters. The molecule has 0 radical (unpaired) electrons. The van der Waals surface area contributed by atoms with Crippen molar-refractivity contribution in [3.8, 4) is 0 Å². The number of hydrogen-bond acceptors (Lipinski definition) is 3. The zero-order valence-corrected chi connectivity index (χ0v) is 11.6. The Hall–Kier alpha value is -0.605. The summed E-state index contributed by atoms with van der Waals surface area (Å²) < 4.78 is 12.2. The number of fused-ring (bicyclic) bond motifs is 2. The molecule has 1 aliphatic heterocycles. The van der Waals surface area contributed by atoms with E-state index in [1.54, 1.807) is 0 Å². The van der Waals surface area contributed by atoms with Crippen molar-refractivity contribution >= 4 is 13.4 Å². The van der Waals surface area contributed by atoms with Crippen LogP contribution < -0.4 is 0 Å². The molecule has 0 amide bonds. The lowest BCUT2D eigenvalue weighted by Crippen LogP contribution is -2.41. The van der Waals surface area contributed by atoms with E-state index in [4.69, 9.17) is 9.31 Å². The zero-order chi connectivity index (χ0) is 13.1. The molecule has 1 heterocycles. The first-order valence-corrected chi connectivity index (χ1v) is 6.85. The summed E-state index contributed by atoms with van der Waals surface area (Å²) >= 11 is 0. The SMILES string of the molecule is CC1(C)OB([C@@H]2C3C=CC(C3)[C@H]2C=O)OC1(C)C. The maximum Gasteiger partial charge on any atom is 0.462 e. The fourth-order valence-electron chi connectivity index (χ4n) is 3.52. The first-order chi connectivity index (χ1) is 8.36. The van der Waals surface area contributed by atoms with E-state index in [9.17, 15) is 4.79 Å². The predicted octanol–water partition coefficient (Wildman–Crippen LogP) is 2.47. The molecule has 98 valence electrons. The second-order valence-electron chi connectivity index (χ2n) is 6.86. The Bertz CT molecular complexity index is 386. The quantitative estimate of drug-likeness (QED) is 0.428. The normalized spacial score (nSPS) is 43.7. The van der Waals surface area contributed by atoms with Crippen molar-refractivity contribution in [1.29, 1.82) is 0 Å². The van der Waals surface area contributed by atoms with Crippen molar-refractivity contribution in [3.63, 3.8) is 0 Å². The van der Waals surface area contributed by atoms with Crippen LogP contribution in [0.15, 0.2) is 12.2 Å². The fraction of sp³-hybridized carbons (Fsp3) is 0.786. The highest BCUT2D eigenvalue weighted by Crippen LogP contribution is 2.55. The lowest BCUT2D eigenvalue weighted by atomic mass is 9.61. The molecule has 0 aromatic rings. The molecule has 2 fully saturated rings. The highest BCUT2D eigenvalue weighted by atomic mass is 16.7. The van der Waals surface area contributed by atoms with Gasteiger partial charge < -0.3 is 14.1 Å². The van der Waals surface area contributed by atoms with Crippen molar-refractivity contribution in [2.45, 2.75) is 51.1 Å². The highest BCUT2D eigenvalue weighted by molar-refractivity contribution is 6.48. The maximum atomic E-state index is 11.3. The molecule has 0 N–H and O–H groups in total. The third kappa shape index (κ3) is 1.55. The fourth-order valence-corrected chi connectivity index (χ4v) is 3.52. The lowest BCUT2D eigenvalue weighted by Gasteiger charge is -2.32. The zero-order valence-electron chi connectivity index (χ0n) is 11.6. The number of hydrogen-bond donors (Lipinski definition) is 0. The molecule has 0 aromatic heterocycles. The Morgan fingerprint density at radius 3 is 2.22 bits per heavy atom. The first kappa shape index (κ1) is 12.4. The van der Waals surface area contributed by atoms with Gasteiger partial charge in [0, 0.05) is 11.7 Å². The minimum atomic E-state index is -0.309. The first-order valence-electron chi connectivity index (χ1n) is 6.85. The van der Waals surface area contributed by atoms with Crippen LogP contribution in [0.1, 0.15) is 34.1 Å².